The quantitative estimate of drug-likeness (QED) is 0.757. The van der Waals surface area contributed by atoms with Gasteiger partial charge in [0, 0.05) is 15.8 Å². The normalized spacial score (nSPS) is 11.5. The van der Waals surface area contributed by atoms with Crippen LogP contribution >= 0.6 is 15.9 Å². The van der Waals surface area contributed by atoms with Gasteiger partial charge in [-0.05, 0) is 55.8 Å². The van der Waals surface area contributed by atoms with Crippen LogP contribution in [-0.2, 0) is 9.53 Å². The van der Waals surface area contributed by atoms with Gasteiger partial charge in [0.25, 0.3) is 0 Å². The number of ether oxygens (including phenoxy) is 1. The van der Waals surface area contributed by atoms with E-state index in [0.29, 0.717) is 5.56 Å². The first kappa shape index (κ1) is 18.0. The summed E-state index contributed by atoms with van der Waals surface area (Å²) >= 11 is 3.35. The van der Waals surface area contributed by atoms with Crippen molar-refractivity contribution in [2.24, 2.45) is 0 Å². The van der Waals surface area contributed by atoms with Crippen molar-refractivity contribution in [3.63, 3.8) is 0 Å². The summed E-state index contributed by atoms with van der Waals surface area (Å²) in [7, 11) is 1.34. The van der Waals surface area contributed by atoms with Gasteiger partial charge in [-0.15, -0.1) is 0 Å². The van der Waals surface area contributed by atoms with Gasteiger partial charge in [-0.1, -0.05) is 22.0 Å². The van der Waals surface area contributed by atoms with Crippen molar-refractivity contribution in [1.29, 1.82) is 0 Å². The van der Waals surface area contributed by atoms with E-state index in [2.05, 4.69) is 26.6 Å². The van der Waals surface area contributed by atoms with Crippen LogP contribution in [0.1, 0.15) is 22.8 Å². The lowest BCUT2D eigenvalue weighted by Gasteiger charge is -2.17. The van der Waals surface area contributed by atoms with Crippen molar-refractivity contribution in [2.75, 3.05) is 17.7 Å². The molecule has 0 aliphatic carbocycles. The molecule has 0 aliphatic rings. The molecule has 0 bridgehead atoms. The second-order valence-corrected chi connectivity index (χ2v) is 6.30. The van der Waals surface area contributed by atoms with Gasteiger partial charge in [0.2, 0.25) is 5.91 Å². The van der Waals surface area contributed by atoms with Crippen LogP contribution < -0.4 is 10.6 Å². The molecule has 2 aromatic carbocycles. The highest BCUT2D eigenvalue weighted by Crippen LogP contribution is 2.19. The molecular formula is C18H19BrN2O3. The van der Waals surface area contributed by atoms with Crippen LogP contribution in [0.4, 0.5) is 11.4 Å². The molecule has 6 heteroatoms. The zero-order chi connectivity index (χ0) is 17.7. The maximum atomic E-state index is 12.3. The lowest BCUT2D eigenvalue weighted by molar-refractivity contribution is -0.116. The molecule has 0 aromatic heterocycles. The van der Waals surface area contributed by atoms with Crippen molar-refractivity contribution in [2.45, 2.75) is 19.9 Å². The van der Waals surface area contributed by atoms with Crippen molar-refractivity contribution >= 4 is 39.2 Å². The number of benzene rings is 2. The average molecular weight is 391 g/mol. The van der Waals surface area contributed by atoms with Crippen molar-refractivity contribution < 1.29 is 14.3 Å². The fraction of sp³-hybridized carbons (Fsp3) is 0.222. The highest BCUT2D eigenvalue weighted by molar-refractivity contribution is 9.10. The zero-order valence-corrected chi connectivity index (χ0v) is 15.3. The van der Waals surface area contributed by atoms with E-state index >= 15 is 0 Å². The predicted octanol–water partition coefficient (Wildman–Crippen LogP) is 3.98. The largest absolute Gasteiger partial charge is 0.465 e. The molecule has 2 aromatic rings. The van der Waals surface area contributed by atoms with E-state index < -0.39 is 12.0 Å². The second kappa shape index (κ2) is 7.97. The third-order valence-electron chi connectivity index (χ3n) is 3.54. The number of amides is 1. The van der Waals surface area contributed by atoms with Gasteiger partial charge in [0.15, 0.2) is 0 Å². The number of hydrogen-bond donors (Lipinski definition) is 2. The molecule has 0 saturated heterocycles. The van der Waals surface area contributed by atoms with Gasteiger partial charge in [-0.25, -0.2) is 4.79 Å². The second-order valence-electron chi connectivity index (χ2n) is 5.38. The summed E-state index contributed by atoms with van der Waals surface area (Å²) in [6.45, 7) is 3.67. The van der Waals surface area contributed by atoms with Gasteiger partial charge in [-0.2, -0.15) is 0 Å². The number of hydrogen-bond acceptors (Lipinski definition) is 4. The summed E-state index contributed by atoms with van der Waals surface area (Å²) in [5, 5.41) is 5.98. The third-order valence-corrected chi connectivity index (χ3v) is 4.06. The Balaban J connectivity index is 2.08. The van der Waals surface area contributed by atoms with E-state index in [1.54, 1.807) is 19.1 Å². The van der Waals surface area contributed by atoms with E-state index in [0.717, 1.165) is 21.4 Å². The van der Waals surface area contributed by atoms with Gasteiger partial charge >= 0.3 is 5.97 Å². The molecule has 126 valence electrons. The number of carbonyl (C=O) groups excluding carboxylic acids is 2. The molecule has 0 saturated carbocycles. The summed E-state index contributed by atoms with van der Waals surface area (Å²) in [5.74, 6) is -0.579. The number of aryl methyl sites for hydroxylation is 1. The van der Waals surface area contributed by atoms with E-state index in [-0.39, 0.29) is 5.91 Å². The van der Waals surface area contributed by atoms with Crippen LogP contribution in [0.15, 0.2) is 46.9 Å². The number of rotatable bonds is 5. The number of halogens is 1. The van der Waals surface area contributed by atoms with Crippen LogP contribution in [0.3, 0.4) is 0 Å². The molecule has 0 heterocycles. The molecule has 5 nitrogen and oxygen atoms in total. The number of methoxy groups -OCH3 is 1. The fourth-order valence-electron chi connectivity index (χ4n) is 2.10. The molecule has 2 rings (SSSR count). The van der Waals surface area contributed by atoms with E-state index in [4.69, 9.17) is 4.74 Å². The van der Waals surface area contributed by atoms with Gasteiger partial charge in [0.05, 0.1) is 12.7 Å². The summed E-state index contributed by atoms with van der Waals surface area (Å²) in [6, 6.07) is 12.1. The molecule has 0 fully saturated rings. The highest BCUT2D eigenvalue weighted by atomic mass is 79.9. The summed E-state index contributed by atoms with van der Waals surface area (Å²) < 4.78 is 5.67. The standard InChI is InChI=1S/C18H19BrN2O3/c1-11-4-5-13(18(23)24-3)10-16(11)20-12(2)17(22)21-15-8-6-14(19)7-9-15/h4-10,12,20H,1-3H3,(H,21,22)/t12-/m1/s1. The lowest BCUT2D eigenvalue weighted by Crippen LogP contribution is -2.32. The summed E-state index contributed by atoms with van der Waals surface area (Å²) in [5.41, 5.74) is 2.81. The molecule has 1 amide bonds. The summed E-state index contributed by atoms with van der Waals surface area (Å²) in [4.78, 5) is 23.9. The molecular weight excluding hydrogens is 372 g/mol. The van der Waals surface area contributed by atoms with Gasteiger partial charge in [-0.3, -0.25) is 4.79 Å². The predicted molar refractivity (Wildman–Crippen MR) is 98.4 cm³/mol. The van der Waals surface area contributed by atoms with Crippen LogP contribution in [-0.4, -0.2) is 25.0 Å². The minimum Gasteiger partial charge on any atom is -0.465 e. The maximum absolute atomic E-state index is 12.3. The first-order valence-corrected chi connectivity index (χ1v) is 8.22. The Morgan fingerprint density at radius 2 is 1.79 bits per heavy atom. The SMILES string of the molecule is COC(=O)c1ccc(C)c(N[C@H](C)C(=O)Nc2ccc(Br)cc2)c1. The zero-order valence-electron chi connectivity index (χ0n) is 13.7. The Morgan fingerprint density at radius 3 is 2.42 bits per heavy atom. The molecule has 2 N–H and O–H groups in total. The van der Waals surface area contributed by atoms with E-state index in [1.807, 2.05) is 37.3 Å². The van der Waals surface area contributed by atoms with Crippen molar-refractivity contribution in [1.82, 2.24) is 0 Å². The van der Waals surface area contributed by atoms with E-state index in [9.17, 15) is 9.59 Å². The van der Waals surface area contributed by atoms with Crippen LogP contribution in [0.2, 0.25) is 0 Å². The first-order chi connectivity index (χ1) is 11.4. The Labute approximate surface area is 149 Å². The first-order valence-electron chi connectivity index (χ1n) is 7.42. The van der Waals surface area contributed by atoms with Gasteiger partial charge < -0.3 is 15.4 Å². The molecule has 1 atom stereocenters. The van der Waals surface area contributed by atoms with E-state index in [1.165, 1.54) is 7.11 Å². The third kappa shape index (κ3) is 4.58. The van der Waals surface area contributed by atoms with Gasteiger partial charge in [0.1, 0.15) is 6.04 Å². The molecule has 0 unspecified atom stereocenters. The average Bonchev–Trinajstić information content (AvgIpc) is 2.58. The topological polar surface area (TPSA) is 67.4 Å². The fourth-order valence-corrected chi connectivity index (χ4v) is 2.37. The van der Waals surface area contributed by atoms with Crippen LogP contribution in [0, 0.1) is 6.92 Å². The van der Waals surface area contributed by atoms with Crippen molar-refractivity contribution in [3.05, 3.63) is 58.1 Å². The number of nitrogens with one attached hydrogen (secondary N) is 2. The Morgan fingerprint density at radius 1 is 1.12 bits per heavy atom. The monoisotopic (exact) mass is 390 g/mol. The molecule has 24 heavy (non-hydrogen) atoms. The molecule has 0 aliphatic heterocycles. The number of esters is 1. The maximum Gasteiger partial charge on any atom is 0.337 e. The van der Waals surface area contributed by atoms with Crippen molar-refractivity contribution in [3.8, 4) is 0 Å². The Kier molecular flexibility index (Phi) is 5.98. The number of carbonyl (C=O) groups is 2. The Bertz CT molecular complexity index is 744. The lowest BCUT2D eigenvalue weighted by atomic mass is 10.1. The minimum absolute atomic E-state index is 0.166. The minimum atomic E-state index is -0.472. The highest BCUT2D eigenvalue weighted by Gasteiger charge is 2.15. The van der Waals surface area contributed by atoms with Crippen LogP contribution in [0.5, 0.6) is 0 Å². The molecule has 0 spiro atoms. The van der Waals surface area contributed by atoms with Crippen LogP contribution in [0.25, 0.3) is 0 Å². The number of anilines is 2. The molecule has 0 radical (unpaired) electrons. The smallest absolute Gasteiger partial charge is 0.337 e. The summed E-state index contributed by atoms with van der Waals surface area (Å²) in [6.07, 6.45) is 0. The Hall–Kier alpha value is -2.34.